The number of hydrogen-bond donors (Lipinski definition) is 1. The molecule has 0 saturated carbocycles. The predicted octanol–water partition coefficient (Wildman–Crippen LogP) is 1.80. The summed E-state index contributed by atoms with van der Waals surface area (Å²) in [6.07, 6.45) is 0. The first-order chi connectivity index (χ1) is 8.61. The van der Waals surface area contributed by atoms with Crippen LogP contribution in [0.3, 0.4) is 0 Å². The van der Waals surface area contributed by atoms with E-state index in [-0.39, 0.29) is 23.3 Å². The minimum absolute atomic E-state index is 0.0244. The van der Waals surface area contributed by atoms with Gasteiger partial charge in [0, 0.05) is 0 Å². The quantitative estimate of drug-likeness (QED) is 0.901. The second-order valence-electron chi connectivity index (χ2n) is 3.33. The minimum Gasteiger partial charge on any atom is -0.464 e. The van der Waals surface area contributed by atoms with Gasteiger partial charge >= 0.3 is 6.01 Å². The van der Waals surface area contributed by atoms with Gasteiger partial charge in [-0.1, -0.05) is 6.07 Å². The number of halogens is 2. The molecule has 0 saturated heterocycles. The third-order valence-electron chi connectivity index (χ3n) is 2.10. The lowest BCUT2D eigenvalue weighted by Crippen LogP contribution is -2.05. The van der Waals surface area contributed by atoms with Crippen molar-refractivity contribution < 1.29 is 13.5 Å². The van der Waals surface area contributed by atoms with Crippen molar-refractivity contribution in [1.82, 2.24) is 15.0 Å². The van der Waals surface area contributed by atoms with Crippen molar-refractivity contribution in [1.29, 1.82) is 0 Å². The van der Waals surface area contributed by atoms with Crippen LogP contribution in [0.15, 0.2) is 18.2 Å². The maximum Gasteiger partial charge on any atom is 0.321 e. The van der Waals surface area contributed by atoms with Gasteiger partial charge in [-0.2, -0.15) is 15.0 Å². The Labute approximate surface area is 102 Å². The average Bonchev–Trinajstić information content (AvgIpc) is 2.32. The molecule has 94 valence electrons. The van der Waals surface area contributed by atoms with Crippen LogP contribution in [0.25, 0.3) is 11.4 Å². The third-order valence-corrected chi connectivity index (χ3v) is 2.10. The van der Waals surface area contributed by atoms with Gasteiger partial charge in [-0.3, -0.25) is 0 Å². The van der Waals surface area contributed by atoms with E-state index in [1.807, 2.05) is 0 Å². The summed E-state index contributed by atoms with van der Waals surface area (Å²) in [7, 11) is 0. The highest BCUT2D eigenvalue weighted by Crippen LogP contribution is 2.22. The first-order valence-corrected chi connectivity index (χ1v) is 5.20. The molecule has 0 unspecified atom stereocenters. The number of ether oxygens (including phenoxy) is 1. The van der Waals surface area contributed by atoms with Crippen molar-refractivity contribution in [3.8, 4) is 17.4 Å². The van der Waals surface area contributed by atoms with Gasteiger partial charge in [-0.15, -0.1) is 0 Å². The Balaban J connectivity index is 2.53. The molecule has 18 heavy (non-hydrogen) atoms. The van der Waals surface area contributed by atoms with Crippen LogP contribution in [-0.4, -0.2) is 21.6 Å². The summed E-state index contributed by atoms with van der Waals surface area (Å²) in [5.41, 5.74) is 5.36. The fourth-order valence-corrected chi connectivity index (χ4v) is 1.36. The molecule has 0 atom stereocenters. The zero-order valence-corrected chi connectivity index (χ0v) is 9.52. The number of nitrogen functional groups attached to an aromatic ring is 1. The Morgan fingerprint density at radius 3 is 2.72 bits per heavy atom. The monoisotopic (exact) mass is 252 g/mol. The van der Waals surface area contributed by atoms with Crippen molar-refractivity contribution in [2.45, 2.75) is 6.92 Å². The molecule has 0 amide bonds. The highest BCUT2D eigenvalue weighted by atomic mass is 19.2. The summed E-state index contributed by atoms with van der Waals surface area (Å²) in [6.45, 7) is 2.07. The minimum atomic E-state index is -1.04. The van der Waals surface area contributed by atoms with Crippen molar-refractivity contribution in [2.24, 2.45) is 0 Å². The third kappa shape index (κ3) is 2.34. The predicted molar refractivity (Wildman–Crippen MR) is 60.8 cm³/mol. The Morgan fingerprint density at radius 1 is 1.22 bits per heavy atom. The molecule has 0 radical (unpaired) electrons. The number of hydrogen-bond acceptors (Lipinski definition) is 5. The molecule has 1 aromatic heterocycles. The highest BCUT2D eigenvalue weighted by Gasteiger charge is 2.14. The lowest BCUT2D eigenvalue weighted by molar-refractivity contribution is 0.312. The number of anilines is 1. The maximum absolute atomic E-state index is 13.6. The van der Waals surface area contributed by atoms with Crippen LogP contribution < -0.4 is 10.5 Å². The van der Waals surface area contributed by atoms with Crippen LogP contribution in [0.1, 0.15) is 6.92 Å². The van der Waals surface area contributed by atoms with E-state index in [2.05, 4.69) is 15.0 Å². The summed E-state index contributed by atoms with van der Waals surface area (Å²) in [4.78, 5) is 11.3. The van der Waals surface area contributed by atoms with E-state index in [9.17, 15) is 8.78 Å². The van der Waals surface area contributed by atoms with Crippen molar-refractivity contribution in [3.05, 3.63) is 29.8 Å². The van der Waals surface area contributed by atoms with E-state index in [4.69, 9.17) is 10.5 Å². The lowest BCUT2D eigenvalue weighted by atomic mass is 10.2. The molecule has 0 fully saturated rings. The van der Waals surface area contributed by atoms with Crippen molar-refractivity contribution >= 4 is 5.95 Å². The van der Waals surface area contributed by atoms with Crippen molar-refractivity contribution in [3.63, 3.8) is 0 Å². The van der Waals surface area contributed by atoms with Gasteiger partial charge in [0.25, 0.3) is 0 Å². The van der Waals surface area contributed by atoms with Crippen LogP contribution in [0.4, 0.5) is 14.7 Å². The molecule has 5 nitrogen and oxygen atoms in total. The van der Waals surface area contributed by atoms with E-state index in [1.54, 1.807) is 6.92 Å². The zero-order valence-electron chi connectivity index (χ0n) is 9.52. The van der Waals surface area contributed by atoms with Gasteiger partial charge in [0.15, 0.2) is 17.5 Å². The number of rotatable bonds is 3. The van der Waals surface area contributed by atoms with E-state index < -0.39 is 11.6 Å². The summed E-state index contributed by atoms with van der Waals surface area (Å²) in [5, 5.41) is 0. The number of nitrogens with zero attached hydrogens (tertiary/aromatic N) is 3. The molecule has 0 bridgehead atoms. The lowest BCUT2D eigenvalue weighted by Gasteiger charge is -2.06. The van der Waals surface area contributed by atoms with E-state index in [0.717, 1.165) is 6.07 Å². The largest absolute Gasteiger partial charge is 0.464 e. The van der Waals surface area contributed by atoms with Crippen molar-refractivity contribution in [2.75, 3.05) is 12.3 Å². The zero-order chi connectivity index (χ0) is 13.1. The highest BCUT2D eigenvalue weighted by molar-refractivity contribution is 5.57. The fourth-order valence-electron chi connectivity index (χ4n) is 1.36. The Morgan fingerprint density at radius 2 is 2.00 bits per heavy atom. The topological polar surface area (TPSA) is 73.9 Å². The number of aromatic nitrogens is 3. The van der Waals surface area contributed by atoms with Gasteiger partial charge in [0.2, 0.25) is 5.95 Å². The molecular weight excluding hydrogens is 242 g/mol. The fraction of sp³-hybridized carbons (Fsp3) is 0.182. The molecule has 2 rings (SSSR count). The summed E-state index contributed by atoms with van der Waals surface area (Å²) in [6, 6.07) is 3.69. The second kappa shape index (κ2) is 4.91. The van der Waals surface area contributed by atoms with Crippen LogP contribution in [0.2, 0.25) is 0 Å². The Hall–Kier alpha value is -2.31. The number of nitrogens with two attached hydrogens (primary N) is 1. The normalized spacial score (nSPS) is 10.4. The molecule has 2 aromatic rings. The van der Waals surface area contributed by atoms with E-state index >= 15 is 0 Å². The van der Waals surface area contributed by atoms with Crippen LogP contribution in [-0.2, 0) is 0 Å². The summed E-state index contributed by atoms with van der Waals surface area (Å²) >= 11 is 0. The van der Waals surface area contributed by atoms with Gasteiger partial charge in [0.05, 0.1) is 12.2 Å². The van der Waals surface area contributed by atoms with Gasteiger partial charge in [-0.05, 0) is 19.1 Å². The average molecular weight is 252 g/mol. The summed E-state index contributed by atoms with van der Waals surface area (Å²) in [5.74, 6) is -2.20. The molecule has 1 aromatic carbocycles. The van der Waals surface area contributed by atoms with Gasteiger partial charge in [-0.25, -0.2) is 8.78 Å². The van der Waals surface area contributed by atoms with Crippen LogP contribution in [0, 0.1) is 11.6 Å². The molecule has 2 N–H and O–H groups in total. The first kappa shape index (κ1) is 12.2. The first-order valence-electron chi connectivity index (χ1n) is 5.20. The van der Waals surface area contributed by atoms with Gasteiger partial charge < -0.3 is 10.5 Å². The van der Waals surface area contributed by atoms with Crippen LogP contribution in [0.5, 0.6) is 6.01 Å². The molecule has 0 aliphatic heterocycles. The Bertz CT molecular complexity index is 577. The Kier molecular flexibility index (Phi) is 3.31. The van der Waals surface area contributed by atoms with Gasteiger partial charge in [0.1, 0.15) is 0 Å². The van der Waals surface area contributed by atoms with E-state index in [0.29, 0.717) is 6.61 Å². The molecule has 7 heteroatoms. The number of benzene rings is 1. The molecule has 0 aliphatic rings. The molecule has 0 aliphatic carbocycles. The molecule has 1 heterocycles. The second-order valence-corrected chi connectivity index (χ2v) is 3.33. The molecule has 0 spiro atoms. The standard InChI is InChI=1S/C11H10F2N4O/c1-2-18-11-16-9(15-10(14)17-11)6-4-3-5-7(12)8(6)13/h3-5H,2H2,1H3,(H2,14,15,16,17). The smallest absolute Gasteiger partial charge is 0.321 e. The molecular formula is C11H10F2N4O. The van der Waals surface area contributed by atoms with E-state index in [1.165, 1.54) is 12.1 Å². The summed E-state index contributed by atoms with van der Waals surface area (Å²) < 4.78 is 31.7. The van der Waals surface area contributed by atoms with Crippen LogP contribution >= 0.6 is 0 Å². The maximum atomic E-state index is 13.6. The SMILES string of the molecule is CCOc1nc(N)nc(-c2cccc(F)c2F)n1.